The maximum Gasteiger partial charge on any atom is 0.328 e. The zero-order valence-electron chi connectivity index (χ0n) is 31.8. The lowest BCUT2D eigenvalue weighted by atomic mass is 9.96. The van der Waals surface area contributed by atoms with Crippen molar-refractivity contribution in [3.05, 3.63) is 65.7 Å². The van der Waals surface area contributed by atoms with E-state index in [1.807, 2.05) is 51.5 Å². The van der Waals surface area contributed by atoms with Crippen LogP contribution in [0.3, 0.4) is 0 Å². The molecule has 6 unspecified atom stereocenters. The molecule has 16 heteroatoms. The molecule has 0 aromatic heterocycles. The van der Waals surface area contributed by atoms with Crippen LogP contribution in [0.2, 0.25) is 0 Å². The van der Waals surface area contributed by atoms with E-state index in [9.17, 15) is 14.7 Å². The molecule has 0 spiro atoms. The van der Waals surface area contributed by atoms with Crippen molar-refractivity contribution in [2.24, 2.45) is 0 Å². The number of halogens is 1. The van der Waals surface area contributed by atoms with E-state index < -0.39 is 42.3 Å². The van der Waals surface area contributed by atoms with Gasteiger partial charge in [0.2, 0.25) is 0 Å². The van der Waals surface area contributed by atoms with E-state index in [-0.39, 0.29) is 25.1 Å². The number of aliphatic hydroxyl groups excluding tert-OH is 2. The Balaban J connectivity index is 0.000000241. The van der Waals surface area contributed by atoms with Crippen LogP contribution in [0.1, 0.15) is 37.4 Å². The molecular formula is C38H56ClN3O10S2. The fourth-order valence-electron chi connectivity index (χ4n) is 6.53. The number of ether oxygens (including phenoxy) is 4. The van der Waals surface area contributed by atoms with Crippen LogP contribution in [0.25, 0.3) is 0 Å². The number of carbonyl (C=O) groups is 2. The van der Waals surface area contributed by atoms with Crippen LogP contribution < -0.4 is 0 Å². The summed E-state index contributed by atoms with van der Waals surface area (Å²) >= 11 is 3.79. The van der Waals surface area contributed by atoms with E-state index in [1.54, 1.807) is 0 Å². The highest BCUT2D eigenvalue weighted by Gasteiger charge is 2.56. The first-order valence-corrected chi connectivity index (χ1v) is 19.8. The molecule has 4 heterocycles. The first-order chi connectivity index (χ1) is 25.2. The van der Waals surface area contributed by atoms with Crippen LogP contribution in [0, 0.1) is 0 Å². The fraction of sp³-hybridized carbons (Fsp3) is 0.579. The normalized spacial score (nSPS) is 25.2. The predicted octanol–water partition coefficient (Wildman–Crippen LogP) is 4.09. The van der Waals surface area contributed by atoms with Gasteiger partial charge < -0.3 is 49.2 Å². The maximum absolute atomic E-state index is 9.88. The van der Waals surface area contributed by atoms with Gasteiger partial charge in [0.15, 0.2) is 12.1 Å². The van der Waals surface area contributed by atoms with Crippen molar-refractivity contribution >= 4 is 47.9 Å². The lowest BCUT2D eigenvalue weighted by Crippen LogP contribution is -2.46. The molecule has 4 N–H and O–H groups in total. The SMILES string of the molecule is CN(C)CCCOC1C(C(O)CO)OC2OC(C)(C)OC21.CSc1ccc2c(c1)C(N1CCN(C)CC1)Cc1ccccc1S2.Cl.O=C(O)C=CC(=O)O. The predicted molar refractivity (Wildman–Crippen MR) is 211 cm³/mol. The second-order valence-electron chi connectivity index (χ2n) is 14.0. The minimum absolute atomic E-state index is 0. The Hall–Kier alpha value is -2.25. The van der Waals surface area contributed by atoms with E-state index in [1.165, 1.54) is 38.9 Å². The van der Waals surface area contributed by atoms with Gasteiger partial charge in [-0.1, -0.05) is 30.0 Å². The van der Waals surface area contributed by atoms with Gasteiger partial charge in [-0.15, -0.1) is 24.2 Å². The second-order valence-corrected chi connectivity index (χ2v) is 16.0. The van der Waals surface area contributed by atoms with Gasteiger partial charge in [-0.3, -0.25) is 4.90 Å². The van der Waals surface area contributed by atoms with Crippen molar-refractivity contribution in [3.8, 4) is 0 Å². The summed E-state index contributed by atoms with van der Waals surface area (Å²) < 4.78 is 23.0. The third-order valence-electron chi connectivity index (χ3n) is 9.18. The number of aliphatic carboxylic acids is 2. The summed E-state index contributed by atoms with van der Waals surface area (Å²) in [7, 11) is 6.24. The number of thioether (sulfide) groups is 1. The average Bonchev–Trinajstić information content (AvgIpc) is 3.54. The Morgan fingerprint density at radius 2 is 1.72 bits per heavy atom. The lowest BCUT2D eigenvalue weighted by molar-refractivity contribution is -0.231. The molecule has 4 aliphatic heterocycles. The number of carboxylic acid groups (broad SMARTS) is 2. The first-order valence-electron chi connectivity index (χ1n) is 17.8. The molecule has 2 aromatic rings. The smallest absolute Gasteiger partial charge is 0.328 e. The highest BCUT2D eigenvalue weighted by Crippen LogP contribution is 2.44. The first kappa shape index (κ1) is 46.1. The highest BCUT2D eigenvalue weighted by atomic mass is 35.5. The Kier molecular flexibility index (Phi) is 18.7. The van der Waals surface area contributed by atoms with Crippen molar-refractivity contribution in [3.63, 3.8) is 0 Å². The van der Waals surface area contributed by atoms with Crippen LogP contribution in [-0.4, -0.2) is 157 Å². The number of likely N-dealkylation sites (N-methyl/N-ethyl adjacent to an activating group) is 1. The third kappa shape index (κ3) is 13.5. The van der Waals surface area contributed by atoms with E-state index in [4.69, 9.17) is 34.3 Å². The molecule has 54 heavy (non-hydrogen) atoms. The number of piperazine rings is 1. The summed E-state index contributed by atoms with van der Waals surface area (Å²) in [6.45, 7) is 9.36. The number of aliphatic hydroxyl groups is 2. The topological polar surface area (TPSA) is 162 Å². The monoisotopic (exact) mass is 813 g/mol. The molecule has 6 atom stereocenters. The van der Waals surface area contributed by atoms with Crippen molar-refractivity contribution in [1.82, 2.24) is 14.7 Å². The van der Waals surface area contributed by atoms with Gasteiger partial charge in [-0.05, 0) is 96.0 Å². The van der Waals surface area contributed by atoms with Crippen LogP contribution >= 0.6 is 35.9 Å². The van der Waals surface area contributed by atoms with Gasteiger partial charge in [0.1, 0.15) is 24.4 Å². The number of hydrogen-bond acceptors (Lipinski definition) is 13. The lowest BCUT2D eigenvalue weighted by Gasteiger charge is -2.38. The van der Waals surface area contributed by atoms with E-state index >= 15 is 0 Å². The molecule has 0 saturated carbocycles. The number of rotatable bonds is 11. The molecule has 2 aromatic carbocycles. The number of benzene rings is 2. The zero-order valence-corrected chi connectivity index (χ0v) is 34.3. The molecule has 0 aliphatic carbocycles. The standard InChI is InChI=1S/C20H24N2S2.C14H27NO6.C4H4O4.ClH/c1-21-9-11-22(12-10-21)18-13-15-5-3-4-6-19(15)24-20-8-7-16(23-2)14-17(18)20;1-14(2)20-12-11(18-7-5-6-15(3)4)10(9(17)8-16)19-13(12)21-14;5-3(6)1-2-4(7)8;/h3-8,14,18H,9-13H2,1-2H3;9-13,16-17H,5-8H2,1-4H3;1-2H,(H,5,6)(H,7,8);1H. The largest absolute Gasteiger partial charge is 0.478 e. The molecule has 3 saturated heterocycles. The summed E-state index contributed by atoms with van der Waals surface area (Å²) in [5.74, 6) is -3.24. The van der Waals surface area contributed by atoms with Crippen LogP contribution in [-0.2, 0) is 35.0 Å². The molecule has 3 fully saturated rings. The molecule has 4 aliphatic rings. The molecule has 0 bridgehead atoms. The Morgan fingerprint density at radius 1 is 1.06 bits per heavy atom. The average molecular weight is 814 g/mol. The van der Waals surface area contributed by atoms with Crippen molar-refractivity contribution in [1.29, 1.82) is 0 Å². The zero-order chi connectivity index (χ0) is 38.7. The second kappa shape index (κ2) is 21.9. The summed E-state index contributed by atoms with van der Waals surface area (Å²) in [5, 5.41) is 34.7. The molecule has 13 nitrogen and oxygen atoms in total. The van der Waals surface area contributed by atoms with Crippen molar-refractivity contribution < 1.29 is 49.0 Å². The van der Waals surface area contributed by atoms with Gasteiger partial charge in [0.25, 0.3) is 0 Å². The molecule has 6 rings (SSSR count). The van der Waals surface area contributed by atoms with E-state index in [0.717, 1.165) is 32.5 Å². The Bertz CT molecular complexity index is 1510. The summed E-state index contributed by atoms with van der Waals surface area (Å²) in [5.41, 5.74) is 3.01. The minimum atomic E-state index is -1.26. The van der Waals surface area contributed by atoms with Gasteiger partial charge in [0.05, 0.1) is 6.61 Å². The Morgan fingerprint density at radius 3 is 2.33 bits per heavy atom. The maximum atomic E-state index is 9.88. The minimum Gasteiger partial charge on any atom is -0.478 e. The summed E-state index contributed by atoms with van der Waals surface area (Å²) in [6.07, 6.45) is 2.24. The highest BCUT2D eigenvalue weighted by molar-refractivity contribution is 7.99. The van der Waals surface area contributed by atoms with E-state index in [0.29, 0.717) is 24.8 Å². The Labute approximate surface area is 333 Å². The van der Waals surface area contributed by atoms with Crippen LogP contribution in [0.5, 0.6) is 0 Å². The number of hydrogen-bond donors (Lipinski definition) is 4. The van der Waals surface area contributed by atoms with Crippen molar-refractivity contribution in [2.75, 3.05) is 73.3 Å². The van der Waals surface area contributed by atoms with Gasteiger partial charge in [-0.25, -0.2) is 9.59 Å². The van der Waals surface area contributed by atoms with Crippen LogP contribution in [0.15, 0.2) is 69.3 Å². The number of nitrogens with zero attached hydrogens (tertiary/aromatic N) is 3. The van der Waals surface area contributed by atoms with Crippen LogP contribution in [0.4, 0.5) is 0 Å². The quantitative estimate of drug-likeness (QED) is 0.146. The molecular weight excluding hydrogens is 758 g/mol. The van der Waals surface area contributed by atoms with Crippen molar-refractivity contribution in [2.45, 2.75) is 83.9 Å². The number of fused-ring (bicyclic) bond motifs is 3. The van der Waals surface area contributed by atoms with Gasteiger partial charge in [0, 0.05) is 65.7 Å². The van der Waals surface area contributed by atoms with Gasteiger partial charge in [-0.2, -0.15) is 0 Å². The molecule has 0 amide bonds. The summed E-state index contributed by atoms with van der Waals surface area (Å²) in [4.78, 5) is 30.6. The third-order valence-corrected chi connectivity index (χ3v) is 11.1. The van der Waals surface area contributed by atoms with Gasteiger partial charge >= 0.3 is 11.9 Å². The summed E-state index contributed by atoms with van der Waals surface area (Å²) in [6, 6.07) is 16.5. The number of carboxylic acids is 2. The fourth-order valence-corrected chi connectivity index (χ4v) is 8.09. The van der Waals surface area contributed by atoms with E-state index in [2.05, 4.69) is 70.5 Å². The molecule has 0 radical (unpaired) electrons. The molecule has 302 valence electrons.